The molecule has 23 heavy (non-hydrogen) atoms. The van der Waals surface area contributed by atoms with Gasteiger partial charge in [-0.1, -0.05) is 60.7 Å². The number of halogens is 1. The molecule has 3 heteroatoms. The molecule has 0 aliphatic carbocycles. The van der Waals surface area contributed by atoms with Gasteiger partial charge in [0.2, 0.25) is 0 Å². The third-order valence-corrected chi connectivity index (χ3v) is 3.64. The number of rotatable bonds is 5. The fraction of sp³-hybridized carbons (Fsp3) is 0.100. The second kappa shape index (κ2) is 7.07. The SMILES string of the molecule is OC(c1ccc(F)cc1)c1ccccc1OCc1ccccc1. The van der Waals surface area contributed by atoms with E-state index >= 15 is 0 Å². The highest BCUT2D eigenvalue weighted by Crippen LogP contribution is 2.30. The molecule has 0 saturated carbocycles. The van der Waals surface area contributed by atoms with E-state index in [1.54, 1.807) is 12.1 Å². The number of aliphatic hydroxyl groups excluding tert-OH is 1. The summed E-state index contributed by atoms with van der Waals surface area (Å²) in [5, 5.41) is 10.6. The lowest BCUT2D eigenvalue weighted by Gasteiger charge is -2.16. The van der Waals surface area contributed by atoms with Crippen molar-refractivity contribution < 1.29 is 14.2 Å². The minimum absolute atomic E-state index is 0.324. The third-order valence-electron chi connectivity index (χ3n) is 3.64. The maximum atomic E-state index is 13.0. The zero-order chi connectivity index (χ0) is 16.1. The molecule has 0 amide bonds. The normalized spacial score (nSPS) is 11.9. The van der Waals surface area contributed by atoms with Gasteiger partial charge in [-0.15, -0.1) is 0 Å². The Balaban J connectivity index is 1.81. The summed E-state index contributed by atoms with van der Waals surface area (Å²) in [6.45, 7) is 0.425. The van der Waals surface area contributed by atoms with Crippen molar-refractivity contribution in [2.45, 2.75) is 12.7 Å². The van der Waals surface area contributed by atoms with Crippen LogP contribution in [0.15, 0.2) is 78.9 Å². The van der Waals surface area contributed by atoms with Crippen molar-refractivity contribution in [1.29, 1.82) is 0 Å². The third kappa shape index (κ3) is 3.76. The van der Waals surface area contributed by atoms with Gasteiger partial charge >= 0.3 is 0 Å². The quantitative estimate of drug-likeness (QED) is 0.752. The van der Waals surface area contributed by atoms with Crippen molar-refractivity contribution >= 4 is 0 Å². The molecule has 1 N–H and O–H groups in total. The molecular weight excluding hydrogens is 291 g/mol. The Morgan fingerprint density at radius 2 is 1.48 bits per heavy atom. The van der Waals surface area contributed by atoms with Gasteiger partial charge in [0.15, 0.2) is 0 Å². The van der Waals surface area contributed by atoms with Crippen LogP contribution in [0.5, 0.6) is 5.75 Å². The van der Waals surface area contributed by atoms with Crippen LogP contribution in [0.4, 0.5) is 4.39 Å². The largest absolute Gasteiger partial charge is 0.489 e. The second-order valence-electron chi connectivity index (χ2n) is 5.27. The standard InChI is InChI=1S/C20H17FO2/c21-17-12-10-16(11-13-17)20(22)18-8-4-5-9-19(18)23-14-15-6-2-1-3-7-15/h1-13,20,22H,14H2. The molecule has 3 aromatic carbocycles. The van der Waals surface area contributed by atoms with Gasteiger partial charge in [0.1, 0.15) is 24.3 Å². The second-order valence-corrected chi connectivity index (χ2v) is 5.27. The van der Waals surface area contributed by atoms with Crippen molar-refractivity contribution in [3.05, 3.63) is 101 Å². The van der Waals surface area contributed by atoms with Crippen LogP contribution >= 0.6 is 0 Å². The summed E-state index contributed by atoms with van der Waals surface area (Å²) in [5.74, 6) is 0.294. The molecule has 0 heterocycles. The summed E-state index contributed by atoms with van der Waals surface area (Å²) >= 11 is 0. The molecule has 0 bridgehead atoms. The number of ether oxygens (including phenoxy) is 1. The summed E-state index contributed by atoms with van der Waals surface area (Å²) in [5.41, 5.74) is 2.34. The molecule has 0 radical (unpaired) electrons. The summed E-state index contributed by atoms with van der Waals surface area (Å²) in [4.78, 5) is 0. The molecule has 0 saturated heterocycles. The first-order valence-electron chi connectivity index (χ1n) is 7.43. The van der Waals surface area contributed by atoms with Crippen molar-refractivity contribution in [3.8, 4) is 5.75 Å². The number of aliphatic hydroxyl groups is 1. The highest BCUT2D eigenvalue weighted by molar-refractivity contribution is 5.40. The van der Waals surface area contributed by atoms with Gasteiger partial charge in [0.25, 0.3) is 0 Å². The molecule has 0 aromatic heterocycles. The number of benzene rings is 3. The molecule has 3 rings (SSSR count). The van der Waals surface area contributed by atoms with E-state index < -0.39 is 6.10 Å². The molecule has 0 aliphatic heterocycles. The monoisotopic (exact) mass is 308 g/mol. The Morgan fingerprint density at radius 3 is 2.22 bits per heavy atom. The van der Waals surface area contributed by atoms with Crippen LogP contribution in [0, 0.1) is 5.82 Å². The molecule has 0 spiro atoms. The van der Waals surface area contributed by atoms with E-state index in [0.29, 0.717) is 23.5 Å². The molecular formula is C20H17FO2. The topological polar surface area (TPSA) is 29.5 Å². The molecule has 1 unspecified atom stereocenters. The molecule has 1 atom stereocenters. The smallest absolute Gasteiger partial charge is 0.125 e. The van der Waals surface area contributed by atoms with Crippen LogP contribution in [-0.4, -0.2) is 5.11 Å². The van der Waals surface area contributed by atoms with Gasteiger partial charge < -0.3 is 9.84 Å². The Labute approximate surface area is 134 Å². The summed E-state index contributed by atoms with van der Waals surface area (Å²) < 4.78 is 18.9. The van der Waals surface area contributed by atoms with Crippen LogP contribution in [0.1, 0.15) is 22.8 Å². The Bertz CT molecular complexity index is 754. The Hall–Kier alpha value is -2.65. The van der Waals surface area contributed by atoms with Crippen molar-refractivity contribution in [3.63, 3.8) is 0 Å². The first-order chi connectivity index (χ1) is 11.2. The van der Waals surface area contributed by atoms with Crippen LogP contribution in [0.2, 0.25) is 0 Å². The van der Waals surface area contributed by atoms with E-state index in [-0.39, 0.29) is 5.82 Å². The minimum Gasteiger partial charge on any atom is -0.489 e. The molecule has 0 fully saturated rings. The number of para-hydroxylation sites is 1. The predicted octanol–water partition coefficient (Wildman–Crippen LogP) is 4.49. The van der Waals surface area contributed by atoms with Crippen molar-refractivity contribution in [1.82, 2.24) is 0 Å². The van der Waals surface area contributed by atoms with E-state index in [1.165, 1.54) is 12.1 Å². The minimum atomic E-state index is -0.859. The van der Waals surface area contributed by atoms with Crippen LogP contribution in [0.25, 0.3) is 0 Å². The zero-order valence-corrected chi connectivity index (χ0v) is 12.5. The maximum absolute atomic E-state index is 13.0. The van der Waals surface area contributed by atoms with Crippen molar-refractivity contribution in [2.24, 2.45) is 0 Å². The van der Waals surface area contributed by atoms with E-state index in [9.17, 15) is 9.50 Å². The van der Waals surface area contributed by atoms with Crippen LogP contribution in [-0.2, 0) is 6.61 Å². The Morgan fingerprint density at radius 1 is 0.826 bits per heavy atom. The Kier molecular flexibility index (Phi) is 4.69. The molecule has 0 aliphatic rings. The zero-order valence-electron chi connectivity index (χ0n) is 12.5. The van der Waals surface area contributed by atoms with E-state index in [2.05, 4.69) is 0 Å². The maximum Gasteiger partial charge on any atom is 0.125 e. The highest BCUT2D eigenvalue weighted by Gasteiger charge is 2.15. The first kappa shape index (κ1) is 15.3. The van der Waals surface area contributed by atoms with Crippen molar-refractivity contribution in [2.75, 3.05) is 0 Å². The van der Waals surface area contributed by atoms with Crippen LogP contribution < -0.4 is 4.74 Å². The van der Waals surface area contributed by atoms with Crippen LogP contribution in [0.3, 0.4) is 0 Å². The lowest BCUT2D eigenvalue weighted by molar-refractivity contribution is 0.209. The van der Waals surface area contributed by atoms with Gasteiger partial charge in [-0.05, 0) is 29.3 Å². The summed E-state index contributed by atoms with van der Waals surface area (Å²) in [7, 11) is 0. The van der Waals surface area contributed by atoms with Gasteiger partial charge in [0, 0.05) is 5.56 Å². The lowest BCUT2D eigenvalue weighted by atomic mass is 10.0. The number of hydrogen-bond acceptors (Lipinski definition) is 2. The average Bonchev–Trinajstić information content (AvgIpc) is 2.61. The van der Waals surface area contributed by atoms with Gasteiger partial charge in [-0.3, -0.25) is 0 Å². The predicted molar refractivity (Wildman–Crippen MR) is 87.7 cm³/mol. The fourth-order valence-corrected chi connectivity index (χ4v) is 2.40. The molecule has 116 valence electrons. The highest BCUT2D eigenvalue weighted by atomic mass is 19.1. The molecule has 2 nitrogen and oxygen atoms in total. The van der Waals surface area contributed by atoms with E-state index in [1.807, 2.05) is 54.6 Å². The lowest BCUT2D eigenvalue weighted by Crippen LogP contribution is -2.04. The van der Waals surface area contributed by atoms with Gasteiger partial charge in [0.05, 0.1) is 0 Å². The van der Waals surface area contributed by atoms with Gasteiger partial charge in [-0.25, -0.2) is 4.39 Å². The molecule has 3 aromatic rings. The number of hydrogen-bond donors (Lipinski definition) is 1. The summed E-state index contributed by atoms with van der Waals surface area (Å²) in [6.07, 6.45) is -0.859. The first-order valence-corrected chi connectivity index (χ1v) is 7.43. The fourth-order valence-electron chi connectivity index (χ4n) is 2.40. The van der Waals surface area contributed by atoms with E-state index in [0.717, 1.165) is 5.56 Å². The average molecular weight is 308 g/mol. The summed E-state index contributed by atoms with van der Waals surface area (Å²) in [6, 6.07) is 23.0. The van der Waals surface area contributed by atoms with E-state index in [4.69, 9.17) is 4.74 Å². The van der Waals surface area contributed by atoms with Gasteiger partial charge in [-0.2, -0.15) is 0 Å².